The molecular formula is C15H24ClN3O. The number of piperidine rings is 1. The zero-order valence-electron chi connectivity index (χ0n) is 12.4. The number of likely N-dealkylation sites (tertiary alicyclic amines) is 1. The van der Waals surface area contributed by atoms with E-state index >= 15 is 0 Å². The molecule has 1 aromatic heterocycles. The summed E-state index contributed by atoms with van der Waals surface area (Å²) in [5.41, 5.74) is 1.05. The van der Waals surface area contributed by atoms with E-state index in [2.05, 4.69) is 29.2 Å². The van der Waals surface area contributed by atoms with E-state index in [1.807, 2.05) is 6.07 Å². The van der Waals surface area contributed by atoms with Gasteiger partial charge in [0.1, 0.15) is 6.10 Å². The van der Waals surface area contributed by atoms with Crippen LogP contribution in [0.3, 0.4) is 0 Å². The van der Waals surface area contributed by atoms with Gasteiger partial charge in [0, 0.05) is 31.9 Å². The van der Waals surface area contributed by atoms with Gasteiger partial charge in [-0.25, -0.2) is 4.98 Å². The molecule has 1 saturated heterocycles. The van der Waals surface area contributed by atoms with E-state index in [9.17, 15) is 0 Å². The number of aromatic nitrogens is 1. The first-order valence-electron chi connectivity index (χ1n) is 7.39. The molecule has 1 aliphatic rings. The predicted octanol–water partition coefficient (Wildman–Crippen LogP) is 2.71. The first-order valence-corrected chi connectivity index (χ1v) is 7.77. The highest BCUT2D eigenvalue weighted by Gasteiger charge is 2.18. The van der Waals surface area contributed by atoms with Crippen LogP contribution in [0.1, 0.15) is 31.7 Å². The molecule has 1 aliphatic heterocycles. The van der Waals surface area contributed by atoms with Gasteiger partial charge in [0.05, 0.1) is 5.02 Å². The van der Waals surface area contributed by atoms with Crippen molar-refractivity contribution in [3.05, 3.63) is 22.8 Å². The van der Waals surface area contributed by atoms with E-state index in [0.717, 1.165) is 51.0 Å². The lowest BCUT2D eigenvalue weighted by atomic mass is 10.1. The summed E-state index contributed by atoms with van der Waals surface area (Å²) in [5.74, 6) is 0.692. The largest absolute Gasteiger partial charge is 0.474 e. The molecule has 2 rings (SSSR count). The molecule has 2 heterocycles. The van der Waals surface area contributed by atoms with Gasteiger partial charge < -0.3 is 15.0 Å². The maximum atomic E-state index is 6.17. The zero-order chi connectivity index (χ0) is 14.4. The summed E-state index contributed by atoms with van der Waals surface area (Å²) in [4.78, 5) is 6.61. The summed E-state index contributed by atoms with van der Waals surface area (Å²) in [7, 11) is 2.15. The highest BCUT2D eigenvalue weighted by molar-refractivity contribution is 6.31. The molecule has 0 atom stereocenters. The van der Waals surface area contributed by atoms with E-state index < -0.39 is 0 Å². The second kappa shape index (κ2) is 7.81. The molecule has 0 bridgehead atoms. The molecule has 0 aromatic carbocycles. The van der Waals surface area contributed by atoms with Crippen LogP contribution in [-0.2, 0) is 6.54 Å². The molecule has 1 fully saturated rings. The van der Waals surface area contributed by atoms with Gasteiger partial charge in [-0.15, -0.1) is 0 Å². The first-order chi connectivity index (χ1) is 9.69. The van der Waals surface area contributed by atoms with Crippen LogP contribution in [0.4, 0.5) is 0 Å². The highest BCUT2D eigenvalue weighted by Crippen LogP contribution is 2.22. The van der Waals surface area contributed by atoms with E-state index in [0.29, 0.717) is 10.9 Å². The van der Waals surface area contributed by atoms with Gasteiger partial charge in [-0.05, 0) is 38.4 Å². The molecule has 0 radical (unpaired) electrons. The van der Waals surface area contributed by atoms with Crippen LogP contribution in [0.5, 0.6) is 5.88 Å². The molecule has 0 saturated carbocycles. The van der Waals surface area contributed by atoms with Crippen molar-refractivity contribution < 1.29 is 4.74 Å². The fourth-order valence-corrected chi connectivity index (χ4v) is 2.50. The third-order valence-electron chi connectivity index (χ3n) is 3.60. The monoisotopic (exact) mass is 297 g/mol. The minimum absolute atomic E-state index is 0.274. The van der Waals surface area contributed by atoms with Crippen molar-refractivity contribution in [1.82, 2.24) is 15.2 Å². The Balaban J connectivity index is 1.92. The minimum atomic E-state index is 0.274. The standard InChI is InChI=1S/C15H24ClN3O/c1-3-6-17-10-12-9-15(18-11-14(12)16)20-13-4-7-19(2)8-5-13/h9,11,13,17H,3-8,10H2,1-2H3. The number of halogens is 1. The second-order valence-electron chi connectivity index (χ2n) is 5.41. The molecule has 0 aliphatic carbocycles. The third-order valence-corrected chi connectivity index (χ3v) is 3.95. The number of hydrogen-bond donors (Lipinski definition) is 1. The van der Waals surface area contributed by atoms with Crippen LogP contribution in [0.25, 0.3) is 0 Å². The van der Waals surface area contributed by atoms with Crippen molar-refractivity contribution in [2.45, 2.75) is 38.8 Å². The van der Waals surface area contributed by atoms with Crippen LogP contribution in [0.15, 0.2) is 12.3 Å². The molecule has 0 unspecified atom stereocenters. The normalized spacial score (nSPS) is 17.4. The summed E-state index contributed by atoms with van der Waals surface area (Å²) < 4.78 is 5.98. The molecule has 0 spiro atoms. The van der Waals surface area contributed by atoms with Crippen molar-refractivity contribution in [3.8, 4) is 5.88 Å². The van der Waals surface area contributed by atoms with Crippen LogP contribution in [0.2, 0.25) is 5.02 Å². The molecule has 1 N–H and O–H groups in total. The molecule has 0 amide bonds. The van der Waals surface area contributed by atoms with Crippen LogP contribution in [-0.4, -0.2) is 42.7 Å². The average molecular weight is 298 g/mol. The smallest absolute Gasteiger partial charge is 0.213 e. The third kappa shape index (κ3) is 4.62. The summed E-state index contributed by atoms with van der Waals surface area (Å²) in [5, 5.41) is 4.05. The van der Waals surface area contributed by atoms with Gasteiger partial charge in [0.25, 0.3) is 0 Å². The Bertz CT molecular complexity index is 420. The maximum Gasteiger partial charge on any atom is 0.213 e. The summed E-state index contributed by atoms with van der Waals surface area (Å²) >= 11 is 6.17. The molecule has 1 aromatic rings. The summed E-state index contributed by atoms with van der Waals surface area (Å²) in [6, 6.07) is 1.96. The van der Waals surface area contributed by atoms with Crippen LogP contribution >= 0.6 is 11.6 Å². The SMILES string of the molecule is CCCNCc1cc(OC2CCN(C)CC2)ncc1Cl. The van der Waals surface area contributed by atoms with Crippen molar-refractivity contribution in [3.63, 3.8) is 0 Å². The number of pyridine rings is 1. The first kappa shape index (κ1) is 15.5. The van der Waals surface area contributed by atoms with E-state index in [-0.39, 0.29) is 6.10 Å². The quantitative estimate of drug-likeness (QED) is 0.819. The number of nitrogens with zero attached hydrogens (tertiary/aromatic N) is 2. The second-order valence-corrected chi connectivity index (χ2v) is 5.82. The van der Waals surface area contributed by atoms with Gasteiger partial charge >= 0.3 is 0 Å². The molecular weight excluding hydrogens is 274 g/mol. The minimum Gasteiger partial charge on any atom is -0.474 e. The predicted molar refractivity (Wildman–Crippen MR) is 82.4 cm³/mol. The topological polar surface area (TPSA) is 37.4 Å². The number of ether oxygens (including phenoxy) is 1. The van der Waals surface area contributed by atoms with Gasteiger partial charge in [0.15, 0.2) is 0 Å². The van der Waals surface area contributed by atoms with E-state index in [1.54, 1.807) is 6.20 Å². The zero-order valence-corrected chi connectivity index (χ0v) is 13.1. The van der Waals surface area contributed by atoms with Gasteiger partial charge in [0.2, 0.25) is 5.88 Å². The highest BCUT2D eigenvalue weighted by atomic mass is 35.5. The van der Waals surface area contributed by atoms with Crippen molar-refractivity contribution in [2.24, 2.45) is 0 Å². The Morgan fingerprint density at radius 3 is 2.90 bits per heavy atom. The Kier molecular flexibility index (Phi) is 6.07. The molecule has 5 heteroatoms. The lowest BCUT2D eigenvalue weighted by molar-refractivity contribution is 0.110. The molecule has 4 nitrogen and oxygen atoms in total. The average Bonchev–Trinajstić information content (AvgIpc) is 2.45. The number of rotatable bonds is 6. The van der Waals surface area contributed by atoms with Crippen molar-refractivity contribution in [1.29, 1.82) is 0 Å². The number of nitrogens with one attached hydrogen (secondary N) is 1. The van der Waals surface area contributed by atoms with Gasteiger partial charge in [-0.1, -0.05) is 18.5 Å². The van der Waals surface area contributed by atoms with Crippen molar-refractivity contribution >= 4 is 11.6 Å². The Labute approximate surface area is 126 Å². The summed E-state index contributed by atoms with van der Waals surface area (Å²) in [6.07, 6.45) is 5.20. The Hall–Kier alpha value is -0.840. The molecule has 20 heavy (non-hydrogen) atoms. The number of hydrogen-bond acceptors (Lipinski definition) is 4. The van der Waals surface area contributed by atoms with E-state index in [4.69, 9.17) is 16.3 Å². The fourth-order valence-electron chi connectivity index (χ4n) is 2.33. The van der Waals surface area contributed by atoms with Crippen LogP contribution < -0.4 is 10.1 Å². The van der Waals surface area contributed by atoms with Gasteiger partial charge in [-0.3, -0.25) is 0 Å². The Morgan fingerprint density at radius 2 is 2.20 bits per heavy atom. The van der Waals surface area contributed by atoms with Crippen LogP contribution in [0, 0.1) is 0 Å². The lowest BCUT2D eigenvalue weighted by Crippen LogP contribution is -2.35. The van der Waals surface area contributed by atoms with E-state index in [1.165, 1.54) is 0 Å². The maximum absolute atomic E-state index is 6.17. The summed E-state index contributed by atoms with van der Waals surface area (Å²) in [6.45, 7) is 6.07. The molecule has 112 valence electrons. The fraction of sp³-hybridized carbons (Fsp3) is 0.667. The van der Waals surface area contributed by atoms with Crippen molar-refractivity contribution in [2.75, 3.05) is 26.7 Å². The Morgan fingerprint density at radius 1 is 1.45 bits per heavy atom. The van der Waals surface area contributed by atoms with Gasteiger partial charge in [-0.2, -0.15) is 0 Å². The lowest BCUT2D eigenvalue weighted by Gasteiger charge is -2.29.